The number of nitrogens with zero attached hydrogens (tertiary/aromatic N) is 1. The Labute approximate surface area is 243 Å². The van der Waals surface area contributed by atoms with E-state index in [0.717, 1.165) is 41.1 Å². The van der Waals surface area contributed by atoms with Crippen molar-refractivity contribution in [3.8, 4) is 17.2 Å². The predicted octanol–water partition coefficient (Wildman–Crippen LogP) is 8.08. The molecule has 0 saturated carbocycles. The number of carbonyl (C=O) groups excluding carboxylic acids is 1. The van der Waals surface area contributed by atoms with E-state index in [1.165, 1.54) is 0 Å². The average Bonchev–Trinajstić information content (AvgIpc) is 2.99. The summed E-state index contributed by atoms with van der Waals surface area (Å²) in [6, 6.07) is 29.4. The highest BCUT2D eigenvalue weighted by Crippen LogP contribution is 2.36. The molecule has 0 aliphatic rings. The largest absolute Gasteiger partial charge is 0.495 e. The van der Waals surface area contributed by atoms with Crippen LogP contribution in [-0.2, 0) is 13.2 Å². The van der Waals surface area contributed by atoms with E-state index in [2.05, 4.69) is 31.0 Å². The molecule has 0 aliphatic heterocycles. The fraction of sp³-hybridized carbons (Fsp3) is 0.286. The number of rotatable bonds is 13. The molecule has 214 valence electrons. The minimum atomic E-state index is -0.251. The molecule has 1 amide bonds. The van der Waals surface area contributed by atoms with Crippen molar-refractivity contribution in [1.82, 2.24) is 0 Å². The maximum absolute atomic E-state index is 13.8. The highest BCUT2D eigenvalue weighted by atomic mass is 16.5. The average molecular weight is 553 g/mol. The topological polar surface area (TPSA) is 60.0 Å². The Morgan fingerprint density at radius 2 is 1.41 bits per heavy atom. The quantitative estimate of drug-likeness (QED) is 0.182. The Hall–Kier alpha value is -4.45. The van der Waals surface area contributed by atoms with Crippen molar-refractivity contribution < 1.29 is 19.0 Å². The maximum atomic E-state index is 13.8. The third kappa shape index (κ3) is 7.82. The Balaban J connectivity index is 1.67. The number of methoxy groups -OCH3 is 1. The predicted molar refractivity (Wildman–Crippen MR) is 167 cm³/mol. The standard InChI is InChI=1S/C35H40N2O4/c1-6-19-37(4)31-20-28(17-18-32(31)39-5)36-35(38)30-21-29(25(2)3)33(40-23-26-13-9-7-10-14-26)22-34(30)41-24-27-15-11-8-12-16-27/h7-18,20-22,25H,6,19,23-24H2,1-5H3,(H,36,38). The summed E-state index contributed by atoms with van der Waals surface area (Å²) in [5.74, 6) is 1.81. The molecule has 0 aliphatic carbocycles. The van der Waals surface area contributed by atoms with Gasteiger partial charge in [-0.1, -0.05) is 81.4 Å². The minimum absolute atomic E-state index is 0.130. The molecule has 1 N–H and O–H groups in total. The summed E-state index contributed by atoms with van der Waals surface area (Å²) in [7, 11) is 3.67. The van der Waals surface area contributed by atoms with Gasteiger partial charge in [0, 0.05) is 25.3 Å². The first kappa shape index (κ1) is 29.5. The zero-order valence-corrected chi connectivity index (χ0v) is 24.6. The molecule has 0 heterocycles. The van der Waals surface area contributed by atoms with Crippen molar-refractivity contribution >= 4 is 17.3 Å². The molecule has 0 aromatic heterocycles. The maximum Gasteiger partial charge on any atom is 0.259 e. The molecule has 0 atom stereocenters. The van der Waals surface area contributed by atoms with Crippen molar-refractivity contribution in [2.45, 2.75) is 46.3 Å². The lowest BCUT2D eigenvalue weighted by molar-refractivity contribution is 0.102. The Morgan fingerprint density at radius 1 is 0.805 bits per heavy atom. The number of benzene rings is 4. The van der Waals surface area contributed by atoms with Gasteiger partial charge in [-0.3, -0.25) is 4.79 Å². The normalized spacial score (nSPS) is 10.8. The summed E-state index contributed by atoms with van der Waals surface area (Å²) >= 11 is 0. The fourth-order valence-electron chi connectivity index (χ4n) is 4.64. The van der Waals surface area contributed by atoms with Crippen LogP contribution in [-0.4, -0.2) is 26.6 Å². The highest BCUT2D eigenvalue weighted by Gasteiger charge is 2.21. The van der Waals surface area contributed by atoms with Crippen LogP contribution in [0.1, 0.15) is 60.2 Å². The Kier molecular flexibility index (Phi) is 10.3. The van der Waals surface area contributed by atoms with E-state index in [1.807, 2.05) is 98.0 Å². The number of hydrogen-bond donors (Lipinski definition) is 1. The van der Waals surface area contributed by atoms with Gasteiger partial charge >= 0.3 is 0 Å². The first-order valence-corrected chi connectivity index (χ1v) is 14.1. The molecule has 0 spiro atoms. The van der Waals surface area contributed by atoms with E-state index in [0.29, 0.717) is 36.0 Å². The van der Waals surface area contributed by atoms with E-state index in [-0.39, 0.29) is 11.8 Å². The van der Waals surface area contributed by atoms with Crippen molar-refractivity contribution in [2.75, 3.05) is 30.9 Å². The van der Waals surface area contributed by atoms with Crippen molar-refractivity contribution in [1.29, 1.82) is 0 Å². The summed E-state index contributed by atoms with van der Waals surface area (Å²) in [6.07, 6.45) is 0.995. The van der Waals surface area contributed by atoms with Crippen LogP contribution < -0.4 is 24.4 Å². The Morgan fingerprint density at radius 3 is 1.98 bits per heavy atom. The van der Waals surface area contributed by atoms with E-state index >= 15 is 0 Å². The molecule has 41 heavy (non-hydrogen) atoms. The van der Waals surface area contributed by atoms with Crippen molar-refractivity contribution in [3.05, 3.63) is 113 Å². The first-order chi connectivity index (χ1) is 19.9. The molecule has 6 nitrogen and oxygen atoms in total. The van der Waals surface area contributed by atoms with Gasteiger partial charge < -0.3 is 24.4 Å². The summed E-state index contributed by atoms with van der Waals surface area (Å²) in [4.78, 5) is 15.9. The summed E-state index contributed by atoms with van der Waals surface area (Å²) < 4.78 is 18.1. The third-order valence-electron chi connectivity index (χ3n) is 6.86. The molecule has 4 aromatic carbocycles. The van der Waals surface area contributed by atoms with Crippen LogP contribution >= 0.6 is 0 Å². The lowest BCUT2D eigenvalue weighted by Gasteiger charge is -2.22. The van der Waals surface area contributed by atoms with Crippen LogP contribution in [0.25, 0.3) is 0 Å². The van der Waals surface area contributed by atoms with Crippen LogP contribution in [0.3, 0.4) is 0 Å². The fourth-order valence-corrected chi connectivity index (χ4v) is 4.64. The Bertz CT molecular complexity index is 1420. The third-order valence-corrected chi connectivity index (χ3v) is 6.86. The van der Waals surface area contributed by atoms with Gasteiger partial charge in [-0.15, -0.1) is 0 Å². The van der Waals surface area contributed by atoms with Gasteiger partial charge in [0.15, 0.2) is 0 Å². The number of ether oxygens (including phenoxy) is 3. The van der Waals surface area contributed by atoms with Crippen molar-refractivity contribution in [3.63, 3.8) is 0 Å². The van der Waals surface area contributed by atoms with Crippen LogP contribution in [0.5, 0.6) is 17.2 Å². The second-order valence-corrected chi connectivity index (χ2v) is 10.4. The second kappa shape index (κ2) is 14.3. The van der Waals surface area contributed by atoms with Gasteiger partial charge in [-0.2, -0.15) is 0 Å². The van der Waals surface area contributed by atoms with E-state index in [4.69, 9.17) is 14.2 Å². The number of hydrogen-bond acceptors (Lipinski definition) is 5. The summed E-state index contributed by atoms with van der Waals surface area (Å²) in [6.45, 7) is 7.93. The number of anilines is 2. The van der Waals surface area contributed by atoms with Crippen molar-refractivity contribution in [2.24, 2.45) is 0 Å². The van der Waals surface area contributed by atoms with Gasteiger partial charge in [0.1, 0.15) is 30.5 Å². The van der Waals surface area contributed by atoms with E-state index in [9.17, 15) is 4.79 Å². The van der Waals surface area contributed by atoms with Gasteiger partial charge in [-0.25, -0.2) is 0 Å². The molecular formula is C35H40N2O4. The highest BCUT2D eigenvalue weighted by molar-refractivity contribution is 6.06. The summed E-state index contributed by atoms with van der Waals surface area (Å²) in [5, 5.41) is 3.09. The van der Waals surface area contributed by atoms with Crippen LogP contribution in [0.15, 0.2) is 91.0 Å². The number of nitrogens with one attached hydrogen (secondary N) is 1. The molecular weight excluding hydrogens is 512 g/mol. The summed E-state index contributed by atoms with van der Waals surface area (Å²) in [5.41, 5.74) is 5.07. The molecule has 6 heteroatoms. The zero-order chi connectivity index (χ0) is 29.2. The van der Waals surface area contributed by atoms with Crippen LogP contribution in [0, 0.1) is 0 Å². The monoisotopic (exact) mass is 552 g/mol. The molecule has 0 bridgehead atoms. The minimum Gasteiger partial charge on any atom is -0.495 e. The number of amides is 1. The first-order valence-electron chi connectivity index (χ1n) is 14.1. The SMILES string of the molecule is CCCN(C)c1cc(NC(=O)c2cc(C(C)C)c(OCc3ccccc3)cc2OCc2ccccc2)ccc1OC. The molecule has 4 aromatic rings. The van der Waals surface area contributed by atoms with Crippen LogP contribution in [0.2, 0.25) is 0 Å². The van der Waals surface area contributed by atoms with Gasteiger partial charge in [0.25, 0.3) is 5.91 Å². The molecule has 4 rings (SSSR count). The zero-order valence-electron chi connectivity index (χ0n) is 24.6. The molecule has 0 radical (unpaired) electrons. The molecule has 0 unspecified atom stereocenters. The lowest BCUT2D eigenvalue weighted by Crippen LogP contribution is -2.19. The second-order valence-electron chi connectivity index (χ2n) is 10.4. The lowest BCUT2D eigenvalue weighted by atomic mass is 9.98. The van der Waals surface area contributed by atoms with E-state index < -0.39 is 0 Å². The van der Waals surface area contributed by atoms with Crippen LogP contribution in [0.4, 0.5) is 11.4 Å². The molecule has 0 saturated heterocycles. The smallest absolute Gasteiger partial charge is 0.259 e. The number of carbonyl (C=O) groups is 1. The van der Waals surface area contributed by atoms with Gasteiger partial charge in [0.05, 0.1) is 18.4 Å². The van der Waals surface area contributed by atoms with Gasteiger partial charge in [-0.05, 0) is 53.3 Å². The van der Waals surface area contributed by atoms with Gasteiger partial charge in [0.2, 0.25) is 0 Å². The van der Waals surface area contributed by atoms with E-state index in [1.54, 1.807) is 7.11 Å². The molecule has 0 fully saturated rings.